The second kappa shape index (κ2) is 3.00. The summed E-state index contributed by atoms with van der Waals surface area (Å²) in [6, 6.07) is -0.636. The SMILES string of the molecule is CC(C)N1CC(C(N)=O)NC1=O. The zero-order valence-electron chi connectivity index (χ0n) is 7.20. The Morgan fingerprint density at radius 1 is 1.75 bits per heavy atom. The van der Waals surface area contributed by atoms with Crippen LogP contribution in [0.15, 0.2) is 0 Å². The monoisotopic (exact) mass is 171 g/mol. The van der Waals surface area contributed by atoms with E-state index in [1.807, 2.05) is 13.8 Å². The Kier molecular flexibility index (Phi) is 2.21. The number of hydrogen-bond acceptors (Lipinski definition) is 2. The van der Waals surface area contributed by atoms with Crippen molar-refractivity contribution in [1.82, 2.24) is 10.2 Å². The average molecular weight is 171 g/mol. The molecule has 1 aliphatic heterocycles. The molecule has 12 heavy (non-hydrogen) atoms. The number of hydrogen-bond donors (Lipinski definition) is 2. The Balaban J connectivity index is 2.62. The van der Waals surface area contributed by atoms with Crippen LogP contribution in [0.1, 0.15) is 13.8 Å². The van der Waals surface area contributed by atoms with Gasteiger partial charge in [-0.25, -0.2) is 4.79 Å². The van der Waals surface area contributed by atoms with Gasteiger partial charge in [-0.05, 0) is 13.8 Å². The number of amides is 3. The van der Waals surface area contributed by atoms with Crippen molar-refractivity contribution in [1.29, 1.82) is 0 Å². The Morgan fingerprint density at radius 2 is 2.33 bits per heavy atom. The van der Waals surface area contributed by atoms with Crippen LogP contribution >= 0.6 is 0 Å². The van der Waals surface area contributed by atoms with Gasteiger partial charge in [0.15, 0.2) is 0 Å². The highest BCUT2D eigenvalue weighted by molar-refractivity contribution is 5.89. The lowest BCUT2D eigenvalue weighted by Crippen LogP contribution is -2.39. The number of nitrogens with two attached hydrogens (primary N) is 1. The highest BCUT2D eigenvalue weighted by Gasteiger charge is 2.33. The molecule has 3 N–H and O–H groups in total. The van der Waals surface area contributed by atoms with Gasteiger partial charge in [-0.3, -0.25) is 4.79 Å². The molecule has 1 rings (SSSR count). The van der Waals surface area contributed by atoms with E-state index in [4.69, 9.17) is 5.73 Å². The van der Waals surface area contributed by atoms with Crippen molar-refractivity contribution in [3.8, 4) is 0 Å². The average Bonchev–Trinajstić information content (AvgIpc) is 2.30. The summed E-state index contributed by atoms with van der Waals surface area (Å²) in [7, 11) is 0. The molecular formula is C7H13N3O2. The lowest BCUT2D eigenvalue weighted by Gasteiger charge is -2.18. The molecule has 68 valence electrons. The maximum absolute atomic E-state index is 11.1. The van der Waals surface area contributed by atoms with Gasteiger partial charge in [-0.1, -0.05) is 0 Å². The zero-order valence-corrected chi connectivity index (χ0v) is 7.20. The van der Waals surface area contributed by atoms with E-state index in [-0.39, 0.29) is 12.1 Å². The van der Waals surface area contributed by atoms with Crippen LogP contribution in [0, 0.1) is 0 Å². The highest BCUT2D eigenvalue weighted by Crippen LogP contribution is 2.07. The number of nitrogens with zero attached hydrogens (tertiary/aromatic N) is 1. The third kappa shape index (κ3) is 1.49. The Hall–Kier alpha value is -1.26. The molecule has 0 bridgehead atoms. The van der Waals surface area contributed by atoms with E-state index < -0.39 is 11.9 Å². The molecule has 1 saturated heterocycles. The first-order valence-electron chi connectivity index (χ1n) is 3.89. The van der Waals surface area contributed by atoms with Gasteiger partial charge in [0, 0.05) is 6.04 Å². The smallest absolute Gasteiger partial charge is 0.318 e. The Morgan fingerprint density at radius 3 is 2.58 bits per heavy atom. The molecule has 0 aromatic heterocycles. The van der Waals surface area contributed by atoms with Gasteiger partial charge in [0.25, 0.3) is 0 Å². The van der Waals surface area contributed by atoms with Crippen LogP contribution < -0.4 is 11.1 Å². The van der Waals surface area contributed by atoms with Crippen LogP contribution in [-0.2, 0) is 4.79 Å². The molecular weight excluding hydrogens is 158 g/mol. The molecule has 0 spiro atoms. The van der Waals surface area contributed by atoms with E-state index in [1.165, 1.54) is 0 Å². The molecule has 0 saturated carbocycles. The molecule has 1 aliphatic rings. The van der Waals surface area contributed by atoms with E-state index in [1.54, 1.807) is 4.90 Å². The van der Waals surface area contributed by atoms with Gasteiger partial charge < -0.3 is 16.0 Å². The predicted molar refractivity (Wildman–Crippen MR) is 43.4 cm³/mol. The van der Waals surface area contributed by atoms with Crippen molar-refractivity contribution in [2.45, 2.75) is 25.9 Å². The van der Waals surface area contributed by atoms with Crippen molar-refractivity contribution < 1.29 is 9.59 Å². The summed E-state index contributed by atoms with van der Waals surface area (Å²) in [5.74, 6) is -0.480. The predicted octanol–water partition coefficient (Wildman–Crippen LogP) is -0.726. The van der Waals surface area contributed by atoms with Crippen molar-refractivity contribution in [3.63, 3.8) is 0 Å². The first-order valence-corrected chi connectivity index (χ1v) is 3.89. The normalized spacial score (nSPS) is 23.1. The molecule has 0 aromatic rings. The molecule has 1 heterocycles. The minimum Gasteiger partial charge on any atom is -0.368 e. The Labute approximate surface area is 70.9 Å². The van der Waals surface area contributed by atoms with Gasteiger partial charge in [0.05, 0.1) is 6.54 Å². The van der Waals surface area contributed by atoms with Crippen molar-refractivity contribution in [2.24, 2.45) is 5.73 Å². The molecule has 5 heteroatoms. The lowest BCUT2D eigenvalue weighted by atomic mass is 10.3. The second-order valence-electron chi connectivity index (χ2n) is 3.15. The van der Waals surface area contributed by atoms with Crippen LogP contribution in [-0.4, -0.2) is 35.5 Å². The molecule has 0 aromatic carbocycles. The van der Waals surface area contributed by atoms with Gasteiger partial charge in [0.2, 0.25) is 5.91 Å². The number of nitrogens with one attached hydrogen (secondary N) is 1. The van der Waals surface area contributed by atoms with Gasteiger partial charge in [0.1, 0.15) is 6.04 Å². The van der Waals surface area contributed by atoms with E-state index in [0.717, 1.165) is 0 Å². The van der Waals surface area contributed by atoms with Crippen LogP contribution in [0.5, 0.6) is 0 Å². The Bertz CT molecular complexity index is 215. The third-order valence-electron chi connectivity index (χ3n) is 1.90. The van der Waals surface area contributed by atoms with Crippen LogP contribution in [0.4, 0.5) is 4.79 Å². The number of rotatable bonds is 2. The number of carbonyl (C=O) groups is 2. The van der Waals surface area contributed by atoms with E-state index in [9.17, 15) is 9.59 Å². The molecule has 0 aliphatic carbocycles. The maximum Gasteiger partial charge on any atom is 0.318 e. The lowest BCUT2D eigenvalue weighted by molar-refractivity contribution is -0.119. The van der Waals surface area contributed by atoms with E-state index >= 15 is 0 Å². The van der Waals surface area contributed by atoms with Gasteiger partial charge in [-0.2, -0.15) is 0 Å². The standard InChI is InChI=1S/C7H13N3O2/c1-4(2)10-3-5(6(8)11)9-7(10)12/h4-5H,3H2,1-2H3,(H2,8,11)(H,9,12). The summed E-state index contributed by atoms with van der Waals surface area (Å²) < 4.78 is 0. The first kappa shape index (κ1) is 8.83. The summed E-state index contributed by atoms with van der Waals surface area (Å²) in [6.07, 6.45) is 0. The van der Waals surface area contributed by atoms with E-state index in [2.05, 4.69) is 5.32 Å². The number of carbonyl (C=O) groups excluding carboxylic acids is 2. The van der Waals surface area contributed by atoms with Gasteiger partial charge in [-0.15, -0.1) is 0 Å². The zero-order chi connectivity index (χ0) is 9.30. The quantitative estimate of drug-likeness (QED) is 0.575. The molecule has 1 atom stereocenters. The number of primary amides is 1. The first-order chi connectivity index (χ1) is 5.52. The highest BCUT2D eigenvalue weighted by atomic mass is 16.2. The topological polar surface area (TPSA) is 75.4 Å². The fourth-order valence-corrected chi connectivity index (χ4v) is 1.16. The fourth-order valence-electron chi connectivity index (χ4n) is 1.16. The summed E-state index contributed by atoms with van der Waals surface area (Å²) in [6.45, 7) is 4.16. The molecule has 1 fully saturated rings. The van der Waals surface area contributed by atoms with Crippen LogP contribution in [0.25, 0.3) is 0 Å². The van der Waals surface area contributed by atoms with Crippen molar-refractivity contribution in [2.75, 3.05) is 6.54 Å². The molecule has 1 unspecified atom stereocenters. The van der Waals surface area contributed by atoms with E-state index in [0.29, 0.717) is 6.54 Å². The fraction of sp³-hybridized carbons (Fsp3) is 0.714. The van der Waals surface area contributed by atoms with Crippen LogP contribution in [0.3, 0.4) is 0 Å². The summed E-state index contributed by atoms with van der Waals surface area (Å²) in [5.41, 5.74) is 5.04. The second-order valence-corrected chi connectivity index (χ2v) is 3.15. The minimum atomic E-state index is -0.528. The largest absolute Gasteiger partial charge is 0.368 e. The molecule has 5 nitrogen and oxygen atoms in total. The summed E-state index contributed by atoms with van der Waals surface area (Å²) in [4.78, 5) is 23.4. The minimum absolute atomic E-state index is 0.106. The molecule has 3 amide bonds. The molecule has 0 radical (unpaired) electrons. The third-order valence-corrected chi connectivity index (χ3v) is 1.90. The summed E-state index contributed by atoms with van der Waals surface area (Å²) in [5, 5.41) is 2.50. The maximum atomic E-state index is 11.1. The van der Waals surface area contributed by atoms with Crippen molar-refractivity contribution in [3.05, 3.63) is 0 Å². The summed E-state index contributed by atoms with van der Waals surface area (Å²) >= 11 is 0. The number of urea groups is 1. The van der Waals surface area contributed by atoms with Gasteiger partial charge >= 0.3 is 6.03 Å². The van der Waals surface area contributed by atoms with Crippen LogP contribution in [0.2, 0.25) is 0 Å². The van der Waals surface area contributed by atoms with Crippen molar-refractivity contribution >= 4 is 11.9 Å².